The fraction of sp³-hybridized carbons (Fsp3) is 0.421. The van der Waals surface area contributed by atoms with Gasteiger partial charge in [-0.05, 0) is 38.5 Å². The van der Waals surface area contributed by atoms with Crippen LogP contribution in [-0.2, 0) is 6.54 Å². The third kappa shape index (κ3) is 4.14. The van der Waals surface area contributed by atoms with Gasteiger partial charge in [-0.2, -0.15) is 9.97 Å². The van der Waals surface area contributed by atoms with Gasteiger partial charge in [-0.15, -0.1) is 0 Å². The lowest BCUT2D eigenvalue weighted by molar-refractivity contribution is 0.271. The number of benzene rings is 1. The maximum absolute atomic E-state index is 13.5. The lowest BCUT2D eigenvalue weighted by atomic mass is 10.2. The molecule has 1 aromatic carbocycles. The molecule has 0 fully saturated rings. The van der Waals surface area contributed by atoms with E-state index in [0.717, 1.165) is 0 Å². The number of phenolic OH excluding ortho intramolecular Hbond substituents is 1. The van der Waals surface area contributed by atoms with Gasteiger partial charge in [0.2, 0.25) is 5.95 Å². The number of phenols is 1. The van der Waals surface area contributed by atoms with Crippen molar-refractivity contribution in [2.45, 2.75) is 45.8 Å². The number of aromatic hydroxyl groups is 1. The summed E-state index contributed by atoms with van der Waals surface area (Å²) < 4.78 is 15.4. The van der Waals surface area contributed by atoms with Gasteiger partial charge in [-0.25, -0.2) is 9.37 Å². The van der Waals surface area contributed by atoms with Crippen LogP contribution in [0.15, 0.2) is 24.5 Å². The molecule has 3 rings (SSSR count). The average Bonchev–Trinajstić information content (AvgIpc) is 3.11. The summed E-state index contributed by atoms with van der Waals surface area (Å²) >= 11 is 0. The molecule has 3 aromatic rings. The Morgan fingerprint density at radius 3 is 2.71 bits per heavy atom. The number of anilines is 2. The summed E-state index contributed by atoms with van der Waals surface area (Å²) in [6.07, 6.45) is 2.41. The van der Waals surface area contributed by atoms with E-state index >= 15 is 0 Å². The average molecular weight is 388 g/mol. The fourth-order valence-corrected chi connectivity index (χ4v) is 2.82. The molecule has 4 N–H and O–H groups in total. The van der Waals surface area contributed by atoms with E-state index in [2.05, 4.69) is 25.6 Å². The van der Waals surface area contributed by atoms with Crippen molar-refractivity contribution < 1.29 is 14.6 Å². The van der Waals surface area contributed by atoms with Crippen molar-refractivity contribution in [3.05, 3.63) is 35.9 Å². The Balaban J connectivity index is 1.98. The van der Waals surface area contributed by atoms with E-state index in [1.165, 1.54) is 18.2 Å². The highest BCUT2D eigenvalue weighted by atomic mass is 19.1. The minimum absolute atomic E-state index is 0.00316. The summed E-state index contributed by atoms with van der Waals surface area (Å²) in [4.78, 5) is 13.5. The maximum atomic E-state index is 13.5. The van der Waals surface area contributed by atoms with Crippen molar-refractivity contribution in [3.8, 4) is 5.75 Å². The van der Waals surface area contributed by atoms with Crippen LogP contribution in [-0.4, -0.2) is 42.4 Å². The zero-order valence-electron chi connectivity index (χ0n) is 16.1. The van der Waals surface area contributed by atoms with E-state index < -0.39 is 5.82 Å². The molecule has 0 aliphatic carbocycles. The summed E-state index contributed by atoms with van der Waals surface area (Å²) in [5.74, 6) is 0.393. The lowest BCUT2D eigenvalue weighted by Crippen LogP contribution is -2.24. The van der Waals surface area contributed by atoms with Gasteiger partial charge in [-0.1, -0.05) is 6.92 Å². The number of aliphatic hydroxyl groups excluding tert-OH is 1. The Morgan fingerprint density at radius 1 is 1.25 bits per heavy atom. The second-order valence-electron chi connectivity index (χ2n) is 6.87. The standard InChI is InChI=1S/C19H25FN6O2/c1-4-14(9-27)23-19-24-17(16-18(25-19)26(10-22-16)11(2)3)21-8-12-7-13(20)5-6-15(12)28/h5-7,10-11,14,27-28H,4,8-9H2,1-3H3,(H2,21,23,24,25). The van der Waals surface area contributed by atoms with E-state index in [-0.39, 0.29) is 31.0 Å². The van der Waals surface area contributed by atoms with Gasteiger partial charge in [0.15, 0.2) is 17.0 Å². The first-order valence-electron chi connectivity index (χ1n) is 9.26. The van der Waals surface area contributed by atoms with Crippen LogP contribution in [0.25, 0.3) is 11.2 Å². The van der Waals surface area contributed by atoms with Gasteiger partial charge in [-0.3, -0.25) is 0 Å². The number of halogens is 1. The summed E-state index contributed by atoms with van der Waals surface area (Å²) in [7, 11) is 0. The van der Waals surface area contributed by atoms with Crippen molar-refractivity contribution >= 4 is 22.9 Å². The molecule has 2 heterocycles. The van der Waals surface area contributed by atoms with Gasteiger partial charge >= 0.3 is 0 Å². The minimum atomic E-state index is -0.428. The van der Waals surface area contributed by atoms with Gasteiger partial charge in [0, 0.05) is 18.2 Å². The molecule has 9 heteroatoms. The highest BCUT2D eigenvalue weighted by molar-refractivity contribution is 5.84. The SMILES string of the molecule is CCC(CO)Nc1nc(NCc2cc(F)ccc2O)c2ncn(C(C)C)c2n1. The molecule has 8 nitrogen and oxygen atoms in total. The van der Waals surface area contributed by atoms with E-state index in [9.17, 15) is 14.6 Å². The number of nitrogens with one attached hydrogen (secondary N) is 2. The molecule has 0 saturated carbocycles. The third-order valence-electron chi connectivity index (χ3n) is 4.51. The van der Waals surface area contributed by atoms with Gasteiger partial charge < -0.3 is 25.4 Å². The van der Waals surface area contributed by atoms with Gasteiger partial charge in [0.1, 0.15) is 11.6 Å². The van der Waals surface area contributed by atoms with Crippen LogP contribution in [0.3, 0.4) is 0 Å². The van der Waals surface area contributed by atoms with Crippen molar-refractivity contribution in [1.82, 2.24) is 19.5 Å². The number of hydrogen-bond donors (Lipinski definition) is 4. The van der Waals surface area contributed by atoms with Crippen LogP contribution in [0.2, 0.25) is 0 Å². The molecule has 0 amide bonds. The van der Waals surface area contributed by atoms with Crippen LogP contribution < -0.4 is 10.6 Å². The molecule has 1 unspecified atom stereocenters. The summed E-state index contributed by atoms with van der Waals surface area (Å²) in [6.45, 7) is 6.13. The summed E-state index contributed by atoms with van der Waals surface area (Å²) in [6, 6.07) is 3.76. The monoisotopic (exact) mass is 388 g/mol. The largest absolute Gasteiger partial charge is 0.508 e. The Bertz CT molecular complexity index is 955. The lowest BCUT2D eigenvalue weighted by Gasteiger charge is -2.16. The van der Waals surface area contributed by atoms with Crippen molar-refractivity contribution in [2.75, 3.05) is 17.2 Å². The molecule has 0 bridgehead atoms. The number of rotatable bonds is 8. The summed E-state index contributed by atoms with van der Waals surface area (Å²) in [5, 5.41) is 25.6. The van der Waals surface area contributed by atoms with Crippen LogP contribution >= 0.6 is 0 Å². The number of imidazole rings is 1. The molecular weight excluding hydrogens is 363 g/mol. The number of fused-ring (bicyclic) bond motifs is 1. The zero-order chi connectivity index (χ0) is 20.3. The molecule has 150 valence electrons. The molecule has 0 saturated heterocycles. The van der Waals surface area contributed by atoms with Crippen LogP contribution in [0, 0.1) is 5.82 Å². The van der Waals surface area contributed by atoms with Gasteiger partial charge in [0.25, 0.3) is 0 Å². The normalized spacial score (nSPS) is 12.5. The Kier molecular flexibility index (Phi) is 5.93. The molecule has 0 aliphatic rings. The van der Waals surface area contributed by atoms with E-state index in [0.29, 0.717) is 34.9 Å². The number of hydrogen-bond acceptors (Lipinski definition) is 7. The highest BCUT2D eigenvalue weighted by Crippen LogP contribution is 2.25. The van der Waals surface area contributed by atoms with Crippen LogP contribution in [0.1, 0.15) is 38.8 Å². The first-order chi connectivity index (χ1) is 13.4. The first kappa shape index (κ1) is 19.8. The topological polar surface area (TPSA) is 108 Å². The summed E-state index contributed by atoms with van der Waals surface area (Å²) in [5.41, 5.74) is 1.63. The van der Waals surface area contributed by atoms with Crippen molar-refractivity contribution in [3.63, 3.8) is 0 Å². The molecule has 0 spiro atoms. The predicted molar refractivity (Wildman–Crippen MR) is 106 cm³/mol. The Morgan fingerprint density at radius 2 is 2.04 bits per heavy atom. The molecule has 0 radical (unpaired) electrons. The number of nitrogens with zero attached hydrogens (tertiary/aromatic N) is 4. The van der Waals surface area contributed by atoms with Gasteiger partial charge in [0.05, 0.1) is 19.0 Å². The second kappa shape index (κ2) is 8.39. The molecule has 0 aliphatic heterocycles. The van der Waals surface area contributed by atoms with Crippen LogP contribution in [0.5, 0.6) is 5.75 Å². The number of aliphatic hydroxyl groups is 1. The van der Waals surface area contributed by atoms with Crippen LogP contribution in [0.4, 0.5) is 16.2 Å². The Hall–Kier alpha value is -2.94. The maximum Gasteiger partial charge on any atom is 0.227 e. The fourth-order valence-electron chi connectivity index (χ4n) is 2.82. The zero-order valence-corrected chi connectivity index (χ0v) is 16.1. The number of aromatic nitrogens is 4. The van der Waals surface area contributed by atoms with Crippen molar-refractivity contribution in [2.24, 2.45) is 0 Å². The Labute approximate surface area is 162 Å². The first-order valence-corrected chi connectivity index (χ1v) is 9.26. The minimum Gasteiger partial charge on any atom is -0.508 e. The van der Waals surface area contributed by atoms with E-state index in [1.807, 2.05) is 25.3 Å². The second-order valence-corrected chi connectivity index (χ2v) is 6.87. The molecular formula is C19H25FN6O2. The quantitative estimate of drug-likeness (QED) is 0.470. The smallest absolute Gasteiger partial charge is 0.227 e. The van der Waals surface area contributed by atoms with E-state index in [1.54, 1.807) is 6.33 Å². The highest BCUT2D eigenvalue weighted by Gasteiger charge is 2.17. The third-order valence-corrected chi connectivity index (χ3v) is 4.51. The molecule has 1 atom stereocenters. The predicted octanol–water partition coefficient (Wildman–Crippen LogP) is 3.05. The molecule has 2 aromatic heterocycles. The molecule has 28 heavy (non-hydrogen) atoms. The van der Waals surface area contributed by atoms with Crippen molar-refractivity contribution in [1.29, 1.82) is 0 Å². The van der Waals surface area contributed by atoms with E-state index in [4.69, 9.17) is 0 Å².